The lowest BCUT2D eigenvalue weighted by molar-refractivity contribution is -0.160. The lowest BCUT2D eigenvalue weighted by Crippen LogP contribution is -2.29. The van der Waals surface area contributed by atoms with Gasteiger partial charge in [-0.05, 0) is 31.1 Å². The Morgan fingerprint density at radius 3 is 2.15 bits per heavy atom. The van der Waals surface area contributed by atoms with Crippen molar-refractivity contribution in [2.75, 3.05) is 13.2 Å². The van der Waals surface area contributed by atoms with Crippen molar-refractivity contribution in [3.05, 3.63) is 24.3 Å². The molecule has 0 spiro atoms. The van der Waals surface area contributed by atoms with E-state index in [2.05, 4.69) is 25.3 Å². The van der Waals surface area contributed by atoms with Gasteiger partial charge in [0.25, 0.3) is 0 Å². The second-order valence-electron chi connectivity index (χ2n) is 13.4. The van der Waals surface area contributed by atoms with Crippen LogP contribution >= 0.6 is 7.82 Å². The maximum Gasteiger partial charge on any atom is 0.469 e. The number of esters is 2. The van der Waals surface area contributed by atoms with Gasteiger partial charge < -0.3 is 34.6 Å². The zero-order valence-electron chi connectivity index (χ0n) is 29.6. The average Bonchev–Trinajstić information content (AvgIpc) is 3.30. The van der Waals surface area contributed by atoms with Crippen molar-refractivity contribution in [2.45, 2.75) is 161 Å². The number of allylic oxidation sites excluding steroid dienone is 1. The molecule has 280 valence electrons. The molecule has 1 fully saturated rings. The highest BCUT2D eigenvalue weighted by atomic mass is 31.2. The number of carbonyl (C=O) groups is 2. The number of hydrogen-bond acceptors (Lipinski definition) is 9. The van der Waals surface area contributed by atoms with Crippen LogP contribution in [0.1, 0.15) is 136 Å². The van der Waals surface area contributed by atoms with Crippen LogP contribution in [0.5, 0.6) is 0 Å². The summed E-state index contributed by atoms with van der Waals surface area (Å²) in [7, 11) is -4.83. The minimum absolute atomic E-state index is 0.111. The third-order valence-electron chi connectivity index (χ3n) is 9.12. The zero-order valence-corrected chi connectivity index (χ0v) is 30.5. The maximum absolute atomic E-state index is 12.4. The van der Waals surface area contributed by atoms with E-state index in [0.29, 0.717) is 19.3 Å². The summed E-state index contributed by atoms with van der Waals surface area (Å²) in [5, 5.41) is 31.1. The van der Waals surface area contributed by atoms with Crippen LogP contribution in [0.15, 0.2) is 24.3 Å². The van der Waals surface area contributed by atoms with E-state index >= 15 is 0 Å². The highest BCUT2D eigenvalue weighted by molar-refractivity contribution is 7.46. The van der Waals surface area contributed by atoms with Crippen LogP contribution in [0.2, 0.25) is 0 Å². The van der Waals surface area contributed by atoms with Gasteiger partial charge in [0.15, 0.2) is 6.10 Å². The molecule has 48 heavy (non-hydrogen) atoms. The molecule has 7 atom stereocenters. The van der Waals surface area contributed by atoms with Crippen molar-refractivity contribution in [1.82, 2.24) is 0 Å². The fourth-order valence-electron chi connectivity index (χ4n) is 5.91. The fourth-order valence-corrected chi connectivity index (χ4v) is 6.27. The first-order valence-corrected chi connectivity index (χ1v) is 19.8. The lowest BCUT2D eigenvalue weighted by Gasteiger charge is -2.19. The summed E-state index contributed by atoms with van der Waals surface area (Å²) < 4.78 is 26.2. The molecule has 0 bridgehead atoms. The Morgan fingerprint density at radius 1 is 0.854 bits per heavy atom. The van der Waals surface area contributed by atoms with Crippen LogP contribution in [-0.4, -0.2) is 74.7 Å². The monoisotopic (exact) mass is 704 g/mol. The molecule has 0 aromatic carbocycles. The predicted octanol–water partition coefficient (Wildman–Crippen LogP) is 6.69. The number of aliphatic hydroxyl groups is 3. The average molecular weight is 705 g/mol. The molecule has 5 N–H and O–H groups in total. The topological polar surface area (TPSA) is 180 Å². The van der Waals surface area contributed by atoms with Gasteiger partial charge in [0.2, 0.25) is 0 Å². The number of carbonyl (C=O) groups excluding carboxylic acids is 2. The van der Waals surface area contributed by atoms with Crippen molar-refractivity contribution in [1.29, 1.82) is 0 Å². The zero-order chi connectivity index (χ0) is 35.8. The summed E-state index contributed by atoms with van der Waals surface area (Å²) >= 11 is 0. The van der Waals surface area contributed by atoms with E-state index in [9.17, 15) is 29.5 Å². The van der Waals surface area contributed by atoms with Gasteiger partial charge in [-0.1, -0.05) is 122 Å². The van der Waals surface area contributed by atoms with E-state index < -0.39 is 57.4 Å². The van der Waals surface area contributed by atoms with Gasteiger partial charge in [-0.3, -0.25) is 14.1 Å². The largest absolute Gasteiger partial charge is 0.469 e. The van der Waals surface area contributed by atoms with Gasteiger partial charge in [-0.2, -0.15) is 0 Å². The fraction of sp³-hybridized carbons (Fsp3) is 0.833. The number of phosphoric acid groups is 1. The molecule has 11 nitrogen and oxygen atoms in total. The molecule has 0 aromatic heterocycles. The van der Waals surface area contributed by atoms with Crippen LogP contribution in [-0.2, 0) is 28.2 Å². The molecule has 0 aromatic rings. The van der Waals surface area contributed by atoms with E-state index in [4.69, 9.17) is 19.3 Å². The molecular formula is C36H65O11P. The SMILES string of the molecule is CCCCC[C@@H](O)/C=C/[C@@H]1[C@H](C/C=C\CC(=O)OC[C@H](COP(=O)(O)O)OC(=O)CCCCCCCCCCC(C)CC)[C@@H](O)C[C@H]1O. The Hall–Kier alpha value is -1.59. The van der Waals surface area contributed by atoms with Gasteiger partial charge in [0, 0.05) is 18.8 Å². The highest BCUT2D eigenvalue weighted by Crippen LogP contribution is 2.37. The molecule has 0 saturated heterocycles. The minimum Gasteiger partial charge on any atom is -0.461 e. The third-order valence-corrected chi connectivity index (χ3v) is 9.60. The summed E-state index contributed by atoms with van der Waals surface area (Å²) in [6.45, 7) is 5.57. The minimum atomic E-state index is -4.83. The standard InChI is InChI=1S/C36H65O11P/c1-4-6-13-19-29(37)23-24-32-31(33(38)25-34(32)39)20-16-17-21-35(40)45-26-30(27-46-48(42,43)44)47-36(41)22-15-12-10-8-7-9-11-14-18-28(3)5-2/h16-17,23-24,28-34,37-39H,4-15,18-22,25-27H2,1-3H3,(H2,42,43,44)/b17-16-,24-23+/t28?,29-,30-,31+,32-,33+,34-/m1/s1. The van der Waals surface area contributed by atoms with Crippen LogP contribution in [0, 0.1) is 17.8 Å². The lowest BCUT2D eigenvalue weighted by atomic mass is 9.89. The Bertz CT molecular complexity index is 966. The molecule has 1 unspecified atom stereocenters. The predicted molar refractivity (Wildman–Crippen MR) is 186 cm³/mol. The smallest absolute Gasteiger partial charge is 0.461 e. The van der Waals surface area contributed by atoms with E-state index in [1.165, 1.54) is 38.5 Å². The van der Waals surface area contributed by atoms with Crippen molar-refractivity contribution in [3.8, 4) is 0 Å². The van der Waals surface area contributed by atoms with E-state index in [1.807, 2.05) is 0 Å². The molecular weight excluding hydrogens is 639 g/mol. The Kier molecular flexibility index (Phi) is 24.3. The Labute approximate surface area is 288 Å². The first kappa shape index (κ1) is 44.4. The van der Waals surface area contributed by atoms with Crippen LogP contribution in [0.4, 0.5) is 0 Å². The van der Waals surface area contributed by atoms with Gasteiger partial charge >= 0.3 is 19.8 Å². The first-order valence-electron chi connectivity index (χ1n) is 18.3. The first-order chi connectivity index (χ1) is 22.9. The van der Waals surface area contributed by atoms with Crippen molar-refractivity contribution < 1.29 is 53.3 Å². The normalized spacial score (nSPS) is 21.9. The van der Waals surface area contributed by atoms with E-state index in [0.717, 1.165) is 44.4 Å². The van der Waals surface area contributed by atoms with Gasteiger partial charge in [-0.25, -0.2) is 4.57 Å². The summed E-state index contributed by atoms with van der Waals surface area (Å²) in [5.74, 6) is -0.988. The summed E-state index contributed by atoms with van der Waals surface area (Å²) in [4.78, 5) is 42.9. The second kappa shape index (κ2) is 26.3. The van der Waals surface area contributed by atoms with Crippen LogP contribution in [0.25, 0.3) is 0 Å². The van der Waals surface area contributed by atoms with Gasteiger partial charge in [0.05, 0.1) is 31.3 Å². The maximum atomic E-state index is 12.4. The summed E-state index contributed by atoms with van der Waals surface area (Å²) in [6, 6.07) is 0. The quantitative estimate of drug-likeness (QED) is 0.0253. The third kappa shape index (κ3) is 22.2. The summed E-state index contributed by atoms with van der Waals surface area (Å²) in [5.41, 5.74) is 0. The highest BCUT2D eigenvalue weighted by Gasteiger charge is 2.39. The number of aliphatic hydroxyl groups excluding tert-OH is 3. The molecule has 0 heterocycles. The molecule has 12 heteroatoms. The molecule has 0 radical (unpaired) electrons. The molecule has 0 aliphatic heterocycles. The number of unbranched alkanes of at least 4 members (excludes halogenated alkanes) is 9. The number of ether oxygens (including phenoxy) is 2. The number of hydrogen-bond donors (Lipinski definition) is 5. The van der Waals surface area contributed by atoms with Crippen molar-refractivity contribution >= 4 is 19.8 Å². The van der Waals surface area contributed by atoms with E-state index in [1.54, 1.807) is 24.3 Å². The Morgan fingerprint density at radius 2 is 1.50 bits per heavy atom. The Balaban J connectivity index is 2.43. The van der Waals surface area contributed by atoms with E-state index in [-0.39, 0.29) is 31.1 Å². The molecule has 1 saturated carbocycles. The number of rotatable bonds is 28. The molecule has 0 amide bonds. The number of phosphoric ester groups is 1. The van der Waals surface area contributed by atoms with Crippen LogP contribution in [0.3, 0.4) is 0 Å². The molecule has 1 aliphatic rings. The van der Waals surface area contributed by atoms with Gasteiger partial charge in [0.1, 0.15) is 6.61 Å². The van der Waals surface area contributed by atoms with Crippen molar-refractivity contribution in [2.24, 2.45) is 17.8 Å². The second-order valence-corrected chi connectivity index (χ2v) is 14.7. The molecule has 1 rings (SSSR count). The van der Waals surface area contributed by atoms with Crippen molar-refractivity contribution in [3.63, 3.8) is 0 Å². The van der Waals surface area contributed by atoms with Crippen LogP contribution < -0.4 is 0 Å². The summed E-state index contributed by atoms with van der Waals surface area (Å²) in [6.07, 6.45) is 19.0. The van der Waals surface area contributed by atoms with Gasteiger partial charge in [-0.15, -0.1) is 0 Å². The molecule has 1 aliphatic carbocycles.